The quantitative estimate of drug-likeness (QED) is 0.303. The van der Waals surface area contributed by atoms with E-state index < -0.39 is 8.32 Å². The largest absolute Gasteiger partial charge is 0.391 e. The molecule has 1 fully saturated rings. The van der Waals surface area contributed by atoms with Crippen LogP contribution < -0.4 is 0 Å². The minimum absolute atomic E-state index is 0.0666. The molecule has 1 aliphatic carbocycles. The van der Waals surface area contributed by atoms with Gasteiger partial charge in [0.15, 0.2) is 6.29 Å². The highest BCUT2D eigenvalue weighted by Crippen LogP contribution is 2.46. The van der Waals surface area contributed by atoms with Crippen LogP contribution in [-0.4, -0.2) is 21.7 Å². The van der Waals surface area contributed by atoms with Gasteiger partial charge in [-0.2, -0.15) is 0 Å². The van der Waals surface area contributed by atoms with E-state index in [0.29, 0.717) is 28.5 Å². The van der Waals surface area contributed by atoms with E-state index in [1.807, 2.05) is 7.11 Å². The second kappa shape index (κ2) is 8.12. The zero-order valence-electron chi connectivity index (χ0n) is 16.1. The molecule has 130 valence electrons. The van der Waals surface area contributed by atoms with Crippen molar-refractivity contribution in [3.8, 4) is 0 Å². The lowest BCUT2D eigenvalue weighted by Crippen LogP contribution is -2.52. The summed E-state index contributed by atoms with van der Waals surface area (Å²) in [6, 6.07) is 0. The van der Waals surface area contributed by atoms with Gasteiger partial charge in [0.25, 0.3) is 0 Å². The van der Waals surface area contributed by atoms with Crippen LogP contribution in [-0.2, 0) is 9.16 Å². The molecule has 0 aliphatic heterocycles. The molecule has 22 heavy (non-hydrogen) atoms. The summed E-state index contributed by atoms with van der Waals surface area (Å²) in [5, 5.41) is 0. The summed E-state index contributed by atoms with van der Waals surface area (Å²) in [7, 11) is -0.0801. The topological polar surface area (TPSA) is 18.5 Å². The van der Waals surface area contributed by atoms with Gasteiger partial charge in [-0.3, -0.25) is 0 Å². The Labute approximate surface area is 139 Å². The molecule has 0 N–H and O–H groups in total. The first-order valence-corrected chi connectivity index (χ1v) is 11.2. The third-order valence-electron chi connectivity index (χ3n) is 5.81. The van der Waals surface area contributed by atoms with Crippen LogP contribution in [0.3, 0.4) is 0 Å². The van der Waals surface area contributed by atoms with E-state index in [1.165, 1.54) is 24.8 Å². The van der Waals surface area contributed by atoms with Gasteiger partial charge < -0.3 is 9.16 Å². The molecule has 0 saturated heterocycles. The highest BCUT2D eigenvalue weighted by Gasteiger charge is 2.49. The smallest absolute Gasteiger partial charge is 0.203 e. The van der Waals surface area contributed by atoms with Crippen LogP contribution in [0, 0.1) is 11.8 Å². The second-order valence-electron chi connectivity index (χ2n) is 8.09. The number of methoxy groups -OCH3 is 1. The van der Waals surface area contributed by atoms with Crippen molar-refractivity contribution < 1.29 is 9.16 Å². The maximum atomic E-state index is 6.91. The van der Waals surface area contributed by atoms with Crippen LogP contribution in [0.25, 0.3) is 0 Å². The summed E-state index contributed by atoms with van der Waals surface area (Å²) < 4.78 is 12.8. The monoisotopic (exact) mass is 326 g/mol. The molecular formula is C19H38O2Si. The molecule has 1 saturated carbocycles. The van der Waals surface area contributed by atoms with Crippen LogP contribution in [0.2, 0.25) is 16.6 Å². The first-order chi connectivity index (χ1) is 10.2. The van der Waals surface area contributed by atoms with Crippen molar-refractivity contribution in [3.63, 3.8) is 0 Å². The third-order valence-corrected chi connectivity index (χ3v) is 11.9. The number of ether oxygens (including phenoxy) is 1. The fourth-order valence-electron chi connectivity index (χ4n) is 4.85. The molecule has 3 atom stereocenters. The Morgan fingerprint density at radius 1 is 1.00 bits per heavy atom. The SMILES string of the molecule is C=C(C)C1CCCC1C(OC)O[Si](C(C)C)(C(C)C)C(C)C. The fourth-order valence-corrected chi connectivity index (χ4v) is 10.3. The van der Waals surface area contributed by atoms with Crippen molar-refractivity contribution in [2.24, 2.45) is 11.8 Å². The molecule has 0 radical (unpaired) electrons. The molecule has 0 amide bonds. The van der Waals surface area contributed by atoms with Crippen LogP contribution in [0.5, 0.6) is 0 Å². The lowest BCUT2D eigenvalue weighted by atomic mass is 9.90. The summed E-state index contributed by atoms with van der Waals surface area (Å²) >= 11 is 0. The van der Waals surface area contributed by atoms with Crippen LogP contribution in [0.4, 0.5) is 0 Å². The lowest BCUT2D eigenvalue weighted by molar-refractivity contribution is -0.109. The first-order valence-electron chi connectivity index (χ1n) is 9.04. The van der Waals surface area contributed by atoms with E-state index >= 15 is 0 Å². The summed E-state index contributed by atoms with van der Waals surface area (Å²) in [5.74, 6) is 1.04. The average molecular weight is 327 g/mol. The van der Waals surface area contributed by atoms with Gasteiger partial charge in [0, 0.05) is 13.0 Å². The molecule has 0 heterocycles. The van der Waals surface area contributed by atoms with Crippen molar-refractivity contribution in [2.45, 2.75) is 90.6 Å². The highest BCUT2D eigenvalue weighted by molar-refractivity contribution is 6.77. The number of hydrogen-bond acceptors (Lipinski definition) is 2. The Morgan fingerprint density at radius 3 is 1.86 bits per heavy atom. The summed E-state index contributed by atoms with van der Waals surface area (Å²) in [6.07, 6.45) is 3.64. The summed E-state index contributed by atoms with van der Waals surface area (Å²) in [4.78, 5) is 0. The van der Waals surface area contributed by atoms with E-state index in [0.717, 1.165) is 0 Å². The van der Waals surface area contributed by atoms with E-state index in [-0.39, 0.29) is 6.29 Å². The Bertz CT molecular complexity index is 341. The normalized spacial score (nSPS) is 24.5. The third kappa shape index (κ3) is 3.85. The molecule has 0 aromatic rings. The lowest BCUT2D eigenvalue weighted by Gasteiger charge is -2.46. The number of hydrogen-bond donors (Lipinski definition) is 0. The summed E-state index contributed by atoms with van der Waals surface area (Å²) in [6.45, 7) is 20.4. The van der Waals surface area contributed by atoms with Crippen LogP contribution in [0.1, 0.15) is 67.7 Å². The zero-order chi connectivity index (χ0) is 17.1. The highest BCUT2D eigenvalue weighted by atomic mass is 28.4. The van der Waals surface area contributed by atoms with Gasteiger partial charge in [0.2, 0.25) is 8.32 Å². The molecular weight excluding hydrogens is 288 g/mol. The maximum absolute atomic E-state index is 6.91. The fraction of sp³-hybridized carbons (Fsp3) is 0.895. The Balaban J connectivity index is 3.05. The van der Waals surface area contributed by atoms with Gasteiger partial charge in [-0.15, -0.1) is 0 Å². The maximum Gasteiger partial charge on any atom is 0.203 e. The van der Waals surface area contributed by atoms with Crippen molar-refractivity contribution in [3.05, 3.63) is 12.2 Å². The van der Waals surface area contributed by atoms with Gasteiger partial charge in [0.05, 0.1) is 0 Å². The number of rotatable bonds is 8. The minimum atomic E-state index is -1.90. The predicted molar refractivity (Wildman–Crippen MR) is 98.6 cm³/mol. The van der Waals surface area contributed by atoms with Crippen molar-refractivity contribution in [1.82, 2.24) is 0 Å². The molecule has 3 unspecified atom stereocenters. The predicted octanol–water partition coefficient (Wildman–Crippen LogP) is 6.14. The van der Waals surface area contributed by atoms with Crippen molar-refractivity contribution in [2.75, 3.05) is 7.11 Å². The molecule has 1 rings (SSSR count). The zero-order valence-corrected chi connectivity index (χ0v) is 17.1. The summed E-state index contributed by atoms with van der Waals surface area (Å²) in [5.41, 5.74) is 3.07. The van der Waals surface area contributed by atoms with Gasteiger partial charge in [-0.1, -0.05) is 60.1 Å². The molecule has 0 bridgehead atoms. The van der Waals surface area contributed by atoms with Gasteiger partial charge in [-0.25, -0.2) is 0 Å². The number of allylic oxidation sites excluding steroid dienone is 1. The molecule has 0 aromatic carbocycles. The van der Waals surface area contributed by atoms with E-state index in [2.05, 4.69) is 55.0 Å². The Morgan fingerprint density at radius 2 is 1.50 bits per heavy atom. The van der Waals surface area contributed by atoms with E-state index in [9.17, 15) is 0 Å². The Hall–Kier alpha value is -0.123. The molecule has 3 heteroatoms. The van der Waals surface area contributed by atoms with Gasteiger partial charge in [-0.05, 0) is 42.3 Å². The first kappa shape index (κ1) is 19.9. The van der Waals surface area contributed by atoms with Crippen LogP contribution >= 0.6 is 0 Å². The standard InChI is InChI=1S/C19H38O2Si/c1-13(2)17-11-10-12-18(17)19(20-9)21-22(14(3)4,15(5)6)16(7)8/h14-19H,1,10-12H2,2-9H3. The van der Waals surface area contributed by atoms with Gasteiger partial charge in [0.1, 0.15) is 0 Å². The Kier molecular flexibility index (Phi) is 7.35. The average Bonchev–Trinajstić information content (AvgIpc) is 2.88. The van der Waals surface area contributed by atoms with Gasteiger partial charge >= 0.3 is 0 Å². The van der Waals surface area contributed by atoms with E-state index in [4.69, 9.17) is 9.16 Å². The molecule has 1 aliphatic rings. The minimum Gasteiger partial charge on any atom is -0.391 e. The molecule has 0 aromatic heterocycles. The van der Waals surface area contributed by atoms with Crippen molar-refractivity contribution in [1.29, 1.82) is 0 Å². The molecule has 0 spiro atoms. The van der Waals surface area contributed by atoms with Crippen LogP contribution in [0.15, 0.2) is 12.2 Å². The molecule has 2 nitrogen and oxygen atoms in total. The second-order valence-corrected chi connectivity index (χ2v) is 13.5. The van der Waals surface area contributed by atoms with Crippen molar-refractivity contribution >= 4 is 8.32 Å². The van der Waals surface area contributed by atoms with E-state index in [1.54, 1.807) is 0 Å².